The van der Waals surface area contributed by atoms with Crippen LogP contribution in [0.5, 0.6) is 5.75 Å². The third kappa shape index (κ3) is 4.50. The molecule has 0 fully saturated rings. The van der Waals surface area contributed by atoms with Crippen LogP contribution in [0.15, 0.2) is 59.6 Å². The molecular weight excluding hydrogens is 424 g/mol. The Morgan fingerprint density at radius 3 is 2.35 bits per heavy atom. The van der Waals surface area contributed by atoms with Crippen LogP contribution in [0.25, 0.3) is 0 Å². The van der Waals surface area contributed by atoms with Crippen molar-refractivity contribution in [3.05, 3.63) is 65.2 Å². The number of halogens is 1. The van der Waals surface area contributed by atoms with Crippen LogP contribution in [-0.2, 0) is 16.8 Å². The Bertz CT molecular complexity index is 993. The topological polar surface area (TPSA) is 129 Å². The molecule has 0 aliphatic rings. The predicted molar refractivity (Wildman–Crippen MR) is 100 cm³/mol. The Kier molecular flexibility index (Phi) is 5.11. The fraction of sp³-hybridized carbons (Fsp3) is 0.0667. The summed E-state index contributed by atoms with van der Waals surface area (Å²) in [6, 6.07) is 12.4. The molecule has 1 aromatic heterocycles. The van der Waals surface area contributed by atoms with Crippen molar-refractivity contribution in [3.8, 4) is 5.75 Å². The van der Waals surface area contributed by atoms with E-state index >= 15 is 0 Å². The Labute approximate surface area is 158 Å². The summed E-state index contributed by atoms with van der Waals surface area (Å²) in [6.45, 7) is 0.455. The van der Waals surface area contributed by atoms with Gasteiger partial charge in [0.2, 0.25) is 0 Å². The lowest BCUT2D eigenvalue weighted by Gasteiger charge is -2.25. The van der Waals surface area contributed by atoms with Gasteiger partial charge in [0, 0.05) is 5.69 Å². The van der Waals surface area contributed by atoms with Gasteiger partial charge in [0.25, 0.3) is 0 Å². The van der Waals surface area contributed by atoms with Crippen molar-refractivity contribution in [2.24, 2.45) is 5.14 Å². The minimum absolute atomic E-state index is 0.111. The summed E-state index contributed by atoms with van der Waals surface area (Å²) >= 11 is 3.29. The molecule has 0 saturated carbocycles. The zero-order chi connectivity index (χ0) is 18.7. The minimum atomic E-state index is -4.09. The molecule has 0 radical (unpaired) electrons. The van der Waals surface area contributed by atoms with E-state index < -0.39 is 10.3 Å². The molecule has 0 spiro atoms. The number of nitrogens with two attached hydrogens (primary N) is 2. The molecule has 0 aliphatic heterocycles. The first-order valence-electron chi connectivity index (χ1n) is 7.30. The smallest absolute Gasteiger partial charge is 0.380 e. The first kappa shape index (κ1) is 18.2. The van der Waals surface area contributed by atoms with Gasteiger partial charge in [-0.1, -0.05) is 6.07 Å². The van der Waals surface area contributed by atoms with Crippen LogP contribution in [0.4, 0.5) is 11.4 Å². The van der Waals surface area contributed by atoms with Crippen LogP contribution in [0.1, 0.15) is 5.56 Å². The van der Waals surface area contributed by atoms with Gasteiger partial charge in [0.1, 0.15) is 12.7 Å². The lowest BCUT2D eigenvalue weighted by atomic mass is 10.2. The monoisotopic (exact) mass is 438 g/mol. The van der Waals surface area contributed by atoms with Crippen LogP contribution >= 0.6 is 15.9 Å². The van der Waals surface area contributed by atoms with Crippen LogP contribution in [0.2, 0.25) is 0 Å². The highest BCUT2D eigenvalue weighted by molar-refractivity contribution is 9.10. The average Bonchev–Trinajstić information content (AvgIpc) is 3.09. The van der Waals surface area contributed by atoms with E-state index in [2.05, 4.69) is 26.1 Å². The molecule has 0 bridgehead atoms. The Morgan fingerprint density at radius 1 is 1.12 bits per heavy atom. The predicted octanol–water partition coefficient (Wildman–Crippen LogP) is 1.68. The molecule has 0 atom stereocenters. The highest BCUT2D eigenvalue weighted by Crippen LogP contribution is 2.28. The fourth-order valence-electron chi connectivity index (χ4n) is 2.28. The van der Waals surface area contributed by atoms with Gasteiger partial charge < -0.3 is 9.92 Å². The number of benzene rings is 2. The molecule has 0 saturated heterocycles. The van der Waals surface area contributed by atoms with Crippen molar-refractivity contribution >= 4 is 37.6 Å². The highest BCUT2D eigenvalue weighted by Gasteiger charge is 2.13. The van der Waals surface area contributed by atoms with Gasteiger partial charge in [0.05, 0.1) is 16.7 Å². The second-order valence-electron chi connectivity index (χ2n) is 5.33. The van der Waals surface area contributed by atoms with Crippen molar-refractivity contribution < 1.29 is 12.6 Å². The molecule has 9 nitrogen and oxygen atoms in total. The van der Waals surface area contributed by atoms with Crippen molar-refractivity contribution in [2.45, 2.75) is 6.54 Å². The average molecular weight is 439 g/mol. The molecule has 0 unspecified atom stereocenters. The zero-order valence-corrected chi connectivity index (χ0v) is 15.8. The number of nitrogen functional groups attached to an aromatic ring is 1. The van der Waals surface area contributed by atoms with Crippen molar-refractivity contribution in [1.29, 1.82) is 0 Å². The van der Waals surface area contributed by atoms with E-state index in [1.807, 2.05) is 17.1 Å². The summed E-state index contributed by atoms with van der Waals surface area (Å²) in [5.74, 6) is 0.111. The standard InChI is InChI=1S/C15H15BrN6O3S/c16-14-7-11(1-6-15(14)25-26(18,23)24)8-22(21-9-19-20-10-21)13-4-2-12(17)3-5-13/h1-7,9-10H,8,17H2,(H2,18,23,24). The zero-order valence-electron chi connectivity index (χ0n) is 13.4. The van der Waals surface area contributed by atoms with Crippen LogP contribution in [0, 0.1) is 0 Å². The van der Waals surface area contributed by atoms with Crippen LogP contribution in [-0.4, -0.2) is 23.3 Å². The molecule has 2 aromatic carbocycles. The van der Waals surface area contributed by atoms with E-state index in [0.717, 1.165) is 11.3 Å². The van der Waals surface area contributed by atoms with Crippen molar-refractivity contribution in [1.82, 2.24) is 14.9 Å². The van der Waals surface area contributed by atoms with E-state index in [1.165, 1.54) is 6.07 Å². The number of aromatic nitrogens is 3. The molecule has 0 amide bonds. The van der Waals surface area contributed by atoms with Crippen molar-refractivity contribution in [2.75, 3.05) is 10.7 Å². The second kappa shape index (κ2) is 7.32. The lowest BCUT2D eigenvalue weighted by Crippen LogP contribution is -2.27. The summed E-state index contributed by atoms with van der Waals surface area (Å²) in [5, 5.41) is 14.5. The third-order valence-corrected chi connectivity index (χ3v) is 4.44. The van der Waals surface area contributed by atoms with Crippen molar-refractivity contribution in [3.63, 3.8) is 0 Å². The van der Waals surface area contributed by atoms with Crippen LogP contribution in [0.3, 0.4) is 0 Å². The summed E-state index contributed by atoms with van der Waals surface area (Å²) in [7, 11) is -4.09. The number of hydrogen-bond donors (Lipinski definition) is 2. The summed E-state index contributed by atoms with van der Waals surface area (Å²) in [5.41, 5.74) is 8.17. The molecule has 26 heavy (non-hydrogen) atoms. The molecule has 3 rings (SSSR count). The Morgan fingerprint density at radius 2 is 1.77 bits per heavy atom. The molecule has 1 heterocycles. The molecule has 136 valence electrons. The largest absolute Gasteiger partial charge is 0.399 e. The summed E-state index contributed by atoms with van der Waals surface area (Å²) < 4.78 is 29.1. The van der Waals surface area contributed by atoms with E-state index in [9.17, 15) is 8.42 Å². The molecule has 3 aromatic rings. The first-order valence-corrected chi connectivity index (χ1v) is 9.57. The van der Waals surface area contributed by atoms with E-state index in [-0.39, 0.29) is 5.75 Å². The number of rotatable bonds is 6. The SMILES string of the molecule is Nc1ccc(N(Cc2ccc(OS(N)(=O)=O)c(Br)c2)n2cnnc2)cc1. The van der Waals surface area contributed by atoms with Gasteiger partial charge in [-0.25, -0.2) is 4.68 Å². The fourth-order valence-corrected chi connectivity index (χ4v) is 3.29. The number of hydrogen-bond acceptors (Lipinski definition) is 7. The third-order valence-electron chi connectivity index (χ3n) is 3.41. The lowest BCUT2D eigenvalue weighted by molar-refractivity contribution is 0.486. The molecule has 4 N–H and O–H groups in total. The molecular formula is C15H15BrN6O3S. The maximum Gasteiger partial charge on any atom is 0.380 e. The van der Waals surface area contributed by atoms with Gasteiger partial charge in [-0.05, 0) is 57.9 Å². The van der Waals surface area contributed by atoms with Crippen LogP contribution < -0.4 is 20.1 Å². The first-order chi connectivity index (χ1) is 12.3. The molecule has 11 heteroatoms. The van der Waals surface area contributed by atoms with Gasteiger partial charge in [-0.15, -0.1) is 10.2 Å². The van der Waals surface area contributed by atoms with Gasteiger partial charge >= 0.3 is 10.3 Å². The Balaban J connectivity index is 1.90. The minimum Gasteiger partial charge on any atom is -0.399 e. The number of nitrogens with zero attached hydrogens (tertiary/aromatic N) is 4. The van der Waals surface area contributed by atoms with Gasteiger partial charge in [-0.3, -0.25) is 5.01 Å². The summed E-state index contributed by atoms with van der Waals surface area (Å²) in [6.07, 6.45) is 3.15. The number of anilines is 2. The molecule has 0 aliphatic carbocycles. The normalized spacial score (nSPS) is 11.3. The Hall–Kier alpha value is -2.63. The highest BCUT2D eigenvalue weighted by atomic mass is 79.9. The van der Waals surface area contributed by atoms with Gasteiger partial charge in [0.15, 0.2) is 5.75 Å². The maximum atomic E-state index is 11.1. The van der Waals surface area contributed by atoms with E-state index in [1.54, 1.807) is 41.6 Å². The van der Waals surface area contributed by atoms with E-state index in [0.29, 0.717) is 16.7 Å². The maximum absolute atomic E-state index is 11.1. The van der Waals surface area contributed by atoms with E-state index in [4.69, 9.17) is 15.1 Å². The summed E-state index contributed by atoms with van der Waals surface area (Å²) in [4.78, 5) is 0. The second-order valence-corrected chi connectivity index (χ2v) is 7.34. The van der Waals surface area contributed by atoms with Gasteiger partial charge in [-0.2, -0.15) is 13.6 Å². The quantitative estimate of drug-likeness (QED) is 0.559.